The molecule has 1 saturated carbocycles. The van der Waals surface area contributed by atoms with Gasteiger partial charge in [-0.15, -0.1) is 0 Å². The number of carbonyl (C=O) groups excluding carboxylic acids is 2. The first kappa shape index (κ1) is 20.8. The summed E-state index contributed by atoms with van der Waals surface area (Å²) in [4.78, 5) is 23.6. The minimum atomic E-state index is -0.130. The van der Waals surface area contributed by atoms with Crippen molar-refractivity contribution in [2.75, 3.05) is 13.1 Å². The predicted molar refractivity (Wildman–Crippen MR) is 106 cm³/mol. The average Bonchev–Trinajstić information content (AvgIpc) is 2.61. The van der Waals surface area contributed by atoms with Gasteiger partial charge in [0, 0.05) is 35.6 Å². The van der Waals surface area contributed by atoms with Gasteiger partial charge in [-0.1, -0.05) is 48.5 Å². The maximum absolute atomic E-state index is 11.8. The van der Waals surface area contributed by atoms with Crippen molar-refractivity contribution in [1.82, 2.24) is 16.0 Å². The van der Waals surface area contributed by atoms with E-state index in [0.717, 1.165) is 18.4 Å². The van der Waals surface area contributed by atoms with Gasteiger partial charge in [0.05, 0.1) is 0 Å². The molecule has 3 amide bonds. The van der Waals surface area contributed by atoms with E-state index in [1.807, 2.05) is 6.07 Å². The van der Waals surface area contributed by atoms with E-state index < -0.39 is 0 Å². The van der Waals surface area contributed by atoms with Crippen LogP contribution < -0.4 is 16.0 Å². The minimum absolute atomic E-state index is 0.0235. The molecular weight excluding hydrogens is 373 g/mol. The van der Waals surface area contributed by atoms with Crippen LogP contribution in [0.3, 0.4) is 0 Å². The predicted octanol–water partition coefficient (Wildman–Crippen LogP) is 4.06. The largest absolute Gasteiger partial charge is 0.356 e. The molecule has 0 aliphatic heterocycles. The Morgan fingerprint density at radius 2 is 1.81 bits per heavy atom. The highest BCUT2D eigenvalue weighted by molar-refractivity contribution is 6.35. The van der Waals surface area contributed by atoms with E-state index in [0.29, 0.717) is 48.4 Å². The molecule has 7 heteroatoms. The number of carbonyl (C=O) groups is 2. The molecule has 0 bridgehead atoms. The lowest BCUT2D eigenvalue weighted by Crippen LogP contribution is -2.43. The number of amides is 3. The first-order chi connectivity index (χ1) is 12.5. The van der Waals surface area contributed by atoms with E-state index in [2.05, 4.69) is 16.0 Å². The summed E-state index contributed by atoms with van der Waals surface area (Å²) in [6, 6.07) is 5.52. The molecule has 1 aromatic carbocycles. The number of halogens is 2. The standard InChI is InChI=1S/C19H27Cl2N3O2/c20-15-9-8-14(17(21)13-15)10-12-22-18(25)7-4-11-23-19(26)24-16-5-2-1-3-6-16/h8-9,13,16H,1-7,10-12H2,(H,22,25)(H2,23,24,26). The smallest absolute Gasteiger partial charge is 0.315 e. The zero-order valence-electron chi connectivity index (χ0n) is 15.0. The van der Waals surface area contributed by atoms with Gasteiger partial charge in [-0.05, 0) is 43.4 Å². The van der Waals surface area contributed by atoms with Crippen LogP contribution in [0.4, 0.5) is 4.79 Å². The van der Waals surface area contributed by atoms with Gasteiger partial charge in [-0.25, -0.2) is 4.79 Å². The SMILES string of the molecule is O=C(CCCNC(=O)NC1CCCCC1)NCCc1ccc(Cl)cc1Cl. The third-order valence-corrected chi connectivity index (χ3v) is 5.13. The molecule has 1 aliphatic rings. The van der Waals surface area contributed by atoms with Crippen molar-refractivity contribution in [1.29, 1.82) is 0 Å². The fraction of sp³-hybridized carbons (Fsp3) is 0.579. The van der Waals surface area contributed by atoms with E-state index in [-0.39, 0.29) is 11.9 Å². The Morgan fingerprint density at radius 1 is 1.04 bits per heavy atom. The number of hydrogen-bond donors (Lipinski definition) is 3. The number of rotatable bonds is 8. The Morgan fingerprint density at radius 3 is 2.54 bits per heavy atom. The van der Waals surface area contributed by atoms with Crippen molar-refractivity contribution in [3.05, 3.63) is 33.8 Å². The Hall–Kier alpha value is -1.46. The highest BCUT2D eigenvalue weighted by Crippen LogP contribution is 2.21. The lowest BCUT2D eigenvalue weighted by molar-refractivity contribution is -0.121. The van der Waals surface area contributed by atoms with Crippen molar-refractivity contribution >= 4 is 35.1 Å². The summed E-state index contributed by atoms with van der Waals surface area (Å²) in [6.45, 7) is 1.02. The summed E-state index contributed by atoms with van der Waals surface area (Å²) in [5.41, 5.74) is 0.956. The van der Waals surface area contributed by atoms with Gasteiger partial charge in [-0.3, -0.25) is 4.79 Å². The Balaban J connectivity index is 1.52. The van der Waals surface area contributed by atoms with Crippen molar-refractivity contribution in [2.45, 2.75) is 57.4 Å². The van der Waals surface area contributed by atoms with E-state index in [9.17, 15) is 9.59 Å². The average molecular weight is 400 g/mol. The van der Waals surface area contributed by atoms with Gasteiger partial charge in [0.2, 0.25) is 5.91 Å². The van der Waals surface area contributed by atoms with Crippen LogP contribution in [0.2, 0.25) is 10.0 Å². The van der Waals surface area contributed by atoms with Gasteiger partial charge in [0.25, 0.3) is 0 Å². The highest BCUT2D eigenvalue weighted by Gasteiger charge is 2.15. The van der Waals surface area contributed by atoms with E-state index >= 15 is 0 Å². The fourth-order valence-electron chi connectivity index (χ4n) is 3.08. The summed E-state index contributed by atoms with van der Waals surface area (Å²) in [5.74, 6) is -0.0235. The van der Waals surface area contributed by atoms with Crippen molar-refractivity contribution in [3.8, 4) is 0 Å². The zero-order chi connectivity index (χ0) is 18.8. The fourth-order valence-corrected chi connectivity index (χ4v) is 3.59. The van der Waals surface area contributed by atoms with E-state index in [1.54, 1.807) is 12.1 Å². The lowest BCUT2D eigenvalue weighted by atomic mass is 9.96. The Labute approximate surface area is 165 Å². The number of benzene rings is 1. The van der Waals surface area contributed by atoms with Gasteiger partial charge in [0.15, 0.2) is 0 Å². The molecule has 1 fully saturated rings. The van der Waals surface area contributed by atoms with Crippen LogP contribution in [-0.2, 0) is 11.2 Å². The van der Waals surface area contributed by atoms with Gasteiger partial charge in [0.1, 0.15) is 0 Å². The molecule has 144 valence electrons. The van der Waals surface area contributed by atoms with Crippen LogP contribution in [0.15, 0.2) is 18.2 Å². The quantitative estimate of drug-likeness (QED) is 0.576. The summed E-state index contributed by atoms with van der Waals surface area (Å²) < 4.78 is 0. The molecule has 0 atom stereocenters. The third-order valence-electron chi connectivity index (χ3n) is 4.54. The lowest BCUT2D eigenvalue weighted by Gasteiger charge is -2.22. The van der Waals surface area contributed by atoms with Crippen molar-refractivity contribution < 1.29 is 9.59 Å². The molecule has 5 nitrogen and oxygen atoms in total. The van der Waals surface area contributed by atoms with Crippen LogP contribution in [0.1, 0.15) is 50.5 Å². The summed E-state index contributed by atoms with van der Waals surface area (Å²) >= 11 is 12.0. The van der Waals surface area contributed by atoms with Crippen molar-refractivity contribution in [3.63, 3.8) is 0 Å². The second-order valence-electron chi connectivity index (χ2n) is 6.67. The first-order valence-electron chi connectivity index (χ1n) is 9.29. The number of urea groups is 1. The molecule has 1 aromatic rings. The molecular formula is C19H27Cl2N3O2. The summed E-state index contributed by atoms with van der Waals surface area (Å²) in [7, 11) is 0. The van der Waals surface area contributed by atoms with Crippen LogP contribution in [0, 0.1) is 0 Å². The molecule has 3 N–H and O–H groups in total. The first-order valence-corrected chi connectivity index (χ1v) is 10.0. The molecule has 1 aliphatic carbocycles. The van der Waals surface area contributed by atoms with Gasteiger partial charge >= 0.3 is 6.03 Å². The second-order valence-corrected chi connectivity index (χ2v) is 7.52. The third kappa shape index (κ3) is 7.83. The van der Waals surface area contributed by atoms with Crippen LogP contribution >= 0.6 is 23.2 Å². The topological polar surface area (TPSA) is 70.2 Å². The normalized spacial score (nSPS) is 14.7. The van der Waals surface area contributed by atoms with Crippen molar-refractivity contribution in [2.24, 2.45) is 0 Å². The molecule has 0 saturated heterocycles. The number of nitrogens with one attached hydrogen (secondary N) is 3. The van der Waals surface area contributed by atoms with Crippen LogP contribution in [0.5, 0.6) is 0 Å². The van der Waals surface area contributed by atoms with Crippen LogP contribution in [-0.4, -0.2) is 31.1 Å². The minimum Gasteiger partial charge on any atom is -0.356 e. The monoisotopic (exact) mass is 399 g/mol. The summed E-state index contributed by atoms with van der Waals surface area (Å²) in [5, 5.41) is 9.89. The molecule has 0 radical (unpaired) electrons. The second kappa shape index (κ2) is 11.3. The Kier molecular flexibility index (Phi) is 9.06. The highest BCUT2D eigenvalue weighted by atomic mass is 35.5. The molecule has 2 rings (SSSR count). The summed E-state index contributed by atoms with van der Waals surface area (Å²) in [6.07, 6.45) is 7.42. The van der Waals surface area contributed by atoms with Crippen LogP contribution in [0.25, 0.3) is 0 Å². The van der Waals surface area contributed by atoms with E-state index in [4.69, 9.17) is 23.2 Å². The molecule has 0 spiro atoms. The van der Waals surface area contributed by atoms with Gasteiger partial charge in [-0.2, -0.15) is 0 Å². The zero-order valence-corrected chi connectivity index (χ0v) is 16.5. The molecule has 26 heavy (non-hydrogen) atoms. The van der Waals surface area contributed by atoms with E-state index in [1.165, 1.54) is 19.3 Å². The molecule has 0 aromatic heterocycles. The molecule has 0 heterocycles. The maximum atomic E-state index is 11.8. The van der Waals surface area contributed by atoms with Gasteiger partial charge < -0.3 is 16.0 Å². The maximum Gasteiger partial charge on any atom is 0.315 e. The Bertz CT molecular complexity index is 604. The molecule has 0 unspecified atom stereocenters. The number of hydrogen-bond acceptors (Lipinski definition) is 2.